The van der Waals surface area contributed by atoms with Gasteiger partial charge in [0.2, 0.25) is 0 Å². The van der Waals surface area contributed by atoms with Crippen LogP contribution in [0.3, 0.4) is 0 Å². The highest BCUT2D eigenvalue weighted by molar-refractivity contribution is 5.33. The van der Waals surface area contributed by atoms with Crippen molar-refractivity contribution in [2.75, 3.05) is 13.2 Å². The van der Waals surface area contributed by atoms with Gasteiger partial charge in [-0.15, -0.1) is 0 Å². The Kier molecular flexibility index (Phi) is 3.29. The molecule has 2 N–H and O–H groups in total. The lowest BCUT2D eigenvalue weighted by Crippen LogP contribution is -2.31. The SMILES string of the molecule is NCC1(c2ccc(OCC3CC3)cc2)CCCC1. The first-order valence-corrected chi connectivity index (χ1v) is 7.26. The summed E-state index contributed by atoms with van der Waals surface area (Å²) in [5.74, 6) is 1.82. The first-order chi connectivity index (χ1) is 8.82. The molecule has 2 aliphatic carbocycles. The Morgan fingerprint density at radius 2 is 1.78 bits per heavy atom. The summed E-state index contributed by atoms with van der Waals surface area (Å²) in [6, 6.07) is 8.68. The summed E-state index contributed by atoms with van der Waals surface area (Å²) < 4.78 is 5.78. The van der Waals surface area contributed by atoms with Crippen molar-refractivity contribution < 1.29 is 4.74 Å². The van der Waals surface area contributed by atoms with E-state index in [1.54, 1.807) is 0 Å². The van der Waals surface area contributed by atoms with Crippen molar-refractivity contribution in [3.8, 4) is 5.75 Å². The predicted octanol–water partition coefficient (Wildman–Crippen LogP) is 3.25. The molecule has 0 radical (unpaired) electrons. The number of hydrogen-bond acceptors (Lipinski definition) is 2. The molecular formula is C16H23NO. The fourth-order valence-corrected chi connectivity index (χ4v) is 3.07. The van der Waals surface area contributed by atoms with E-state index in [2.05, 4.69) is 24.3 Å². The lowest BCUT2D eigenvalue weighted by molar-refractivity contribution is 0.299. The number of rotatable bonds is 5. The zero-order chi connectivity index (χ0) is 12.4. The number of benzene rings is 1. The summed E-state index contributed by atoms with van der Waals surface area (Å²) in [5.41, 5.74) is 7.66. The van der Waals surface area contributed by atoms with E-state index < -0.39 is 0 Å². The molecule has 0 aliphatic heterocycles. The highest BCUT2D eigenvalue weighted by Gasteiger charge is 2.34. The fourth-order valence-electron chi connectivity index (χ4n) is 3.07. The van der Waals surface area contributed by atoms with Gasteiger partial charge in [0.05, 0.1) is 6.61 Å². The summed E-state index contributed by atoms with van der Waals surface area (Å²) >= 11 is 0. The van der Waals surface area contributed by atoms with E-state index in [9.17, 15) is 0 Å². The summed E-state index contributed by atoms with van der Waals surface area (Å²) in [4.78, 5) is 0. The van der Waals surface area contributed by atoms with Gasteiger partial charge in [-0.3, -0.25) is 0 Å². The minimum absolute atomic E-state index is 0.245. The second-order valence-corrected chi connectivity index (χ2v) is 5.97. The highest BCUT2D eigenvalue weighted by Crippen LogP contribution is 2.40. The molecule has 0 saturated heterocycles. The number of nitrogens with two attached hydrogens (primary N) is 1. The molecule has 2 nitrogen and oxygen atoms in total. The monoisotopic (exact) mass is 245 g/mol. The maximum absolute atomic E-state index is 6.01. The summed E-state index contributed by atoms with van der Waals surface area (Å²) in [6.07, 6.45) is 7.80. The van der Waals surface area contributed by atoms with Gasteiger partial charge in [0.1, 0.15) is 5.75 Å². The molecule has 2 heteroatoms. The molecule has 18 heavy (non-hydrogen) atoms. The lowest BCUT2D eigenvalue weighted by Gasteiger charge is -2.28. The van der Waals surface area contributed by atoms with Crippen molar-refractivity contribution in [2.45, 2.75) is 43.9 Å². The van der Waals surface area contributed by atoms with Crippen molar-refractivity contribution in [3.63, 3.8) is 0 Å². The van der Waals surface area contributed by atoms with Crippen LogP contribution in [0.2, 0.25) is 0 Å². The van der Waals surface area contributed by atoms with Gasteiger partial charge in [0, 0.05) is 12.0 Å². The maximum atomic E-state index is 6.01. The zero-order valence-corrected chi connectivity index (χ0v) is 11.0. The van der Waals surface area contributed by atoms with Gasteiger partial charge in [-0.05, 0) is 49.3 Å². The smallest absolute Gasteiger partial charge is 0.119 e. The molecule has 0 atom stereocenters. The molecule has 2 saturated carbocycles. The van der Waals surface area contributed by atoms with Gasteiger partial charge in [-0.1, -0.05) is 25.0 Å². The molecule has 2 aliphatic rings. The Bertz CT molecular complexity index is 388. The average Bonchev–Trinajstić information content (AvgIpc) is 3.13. The van der Waals surface area contributed by atoms with E-state index in [1.807, 2.05) is 0 Å². The van der Waals surface area contributed by atoms with Crippen molar-refractivity contribution in [1.29, 1.82) is 0 Å². The van der Waals surface area contributed by atoms with Crippen LogP contribution in [-0.4, -0.2) is 13.2 Å². The number of ether oxygens (including phenoxy) is 1. The Labute approximate surface area is 110 Å². The van der Waals surface area contributed by atoms with Crippen molar-refractivity contribution in [1.82, 2.24) is 0 Å². The molecule has 1 aromatic rings. The standard InChI is InChI=1S/C16H23NO/c17-12-16(9-1-2-10-16)14-5-7-15(8-6-14)18-11-13-3-4-13/h5-8,13H,1-4,9-12,17H2. The Morgan fingerprint density at radius 3 is 2.33 bits per heavy atom. The van der Waals surface area contributed by atoms with Crippen molar-refractivity contribution in [3.05, 3.63) is 29.8 Å². The zero-order valence-electron chi connectivity index (χ0n) is 11.0. The first kappa shape index (κ1) is 12.0. The van der Waals surface area contributed by atoms with Crippen LogP contribution in [0.15, 0.2) is 24.3 Å². The topological polar surface area (TPSA) is 35.2 Å². The van der Waals surface area contributed by atoms with E-state index in [-0.39, 0.29) is 5.41 Å². The van der Waals surface area contributed by atoms with Crippen LogP contribution in [0.25, 0.3) is 0 Å². The fraction of sp³-hybridized carbons (Fsp3) is 0.625. The summed E-state index contributed by atoms with van der Waals surface area (Å²) in [7, 11) is 0. The van der Waals surface area contributed by atoms with Gasteiger partial charge < -0.3 is 10.5 Å². The maximum Gasteiger partial charge on any atom is 0.119 e. The molecule has 3 rings (SSSR count). The third-order valence-electron chi connectivity index (χ3n) is 4.60. The van der Waals surface area contributed by atoms with Crippen LogP contribution >= 0.6 is 0 Å². The largest absolute Gasteiger partial charge is 0.493 e. The molecule has 2 fully saturated rings. The molecule has 0 bridgehead atoms. The van der Waals surface area contributed by atoms with Gasteiger partial charge >= 0.3 is 0 Å². The van der Waals surface area contributed by atoms with E-state index in [0.717, 1.165) is 24.8 Å². The lowest BCUT2D eigenvalue weighted by atomic mass is 9.79. The molecule has 0 unspecified atom stereocenters. The molecule has 1 aromatic carbocycles. The van der Waals surface area contributed by atoms with Gasteiger partial charge in [0.15, 0.2) is 0 Å². The van der Waals surface area contributed by atoms with Crippen LogP contribution in [0, 0.1) is 5.92 Å². The van der Waals surface area contributed by atoms with Crippen LogP contribution in [0.5, 0.6) is 5.75 Å². The van der Waals surface area contributed by atoms with E-state index in [0.29, 0.717) is 0 Å². The third kappa shape index (κ3) is 2.39. The highest BCUT2D eigenvalue weighted by atomic mass is 16.5. The first-order valence-electron chi connectivity index (χ1n) is 7.26. The minimum atomic E-state index is 0.245. The summed E-state index contributed by atoms with van der Waals surface area (Å²) in [6.45, 7) is 1.66. The molecule has 0 spiro atoms. The quantitative estimate of drug-likeness (QED) is 0.864. The average molecular weight is 245 g/mol. The van der Waals surface area contributed by atoms with Crippen LogP contribution in [0.4, 0.5) is 0 Å². The Morgan fingerprint density at radius 1 is 1.11 bits per heavy atom. The van der Waals surface area contributed by atoms with Crippen molar-refractivity contribution in [2.24, 2.45) is 11.7 Å². The second kappa shape index (κ2) is 4.93. The second-order valence-electron chi connectivity index (χ2n) is 5.97. The van der Waals surface area contributed by atoms with Gasteiger partial charge in [-0.2, -0.15) is 0 Å². The van der Waals surface area contributed by atoms with E-state index in [1.165, 1.54) is 44.1 Å². The Balaban J connectivity index is 1.68. The number of hydrogen-bond donors (Lipinski definition) is 1. The Hall–Kier alpha value is -1.02. The van der Waals surface area contributed by atoms with Crippen LogP contribution in [-0.2, 0) is 5.41 Å². The van der Waals surface area contributed by atoms with Crippen molar-refractivity contribution >= 4 is 0 Å². The minimum Gasteiger partial charge on any atom is -0.493 e. The normalized spacial score (nSPS) is 22.1. The third-order valence-corrected chi connectivity index (χ3v) is 4.60. The molecule has 0 heterocycles. The van der Waals surface area contributed by atoms with Gasteiger partial charge in [0.25, 0.3) is 0 Å². The van der Waals surface area contributed by atoms with E-state index >= 15 is 0 Å². The van der Waals surface area contributed by atoms with Crippen LogP contribution in [0.1, 0.15) is 44.1 Å². The summed E-state index contributed by atoms with van der Waals surface area (Å²) in [5, 5.41) is 0. The van der Waals surface area contributed by atoms with Gasteiger partial charge in [-0.25, -0.2) is 0 Å². The predicted molar refractivity (Wildman–Crippen MR) is 73.9 cm³/mol. The van der Waals surface area contributed by atoms with Crippen LogP contribution < -0.4 is 10.5 Å². The molecule has 0 amide bonds. The van der Waals surface area contributed by atoms with E-state index in [4.69, 9.17) is 10.5 Å². The molecule has 0 aromatic heterocycles. The molecule has 98 valence electrons. The molecular weight excluding hydrogens is 222 g/mol.